The smallest absolute Gasteiger partial charge is 0.257 e. The van der Waals surface area contributed by atoms with Gasteiger partial charge >= 0.3 is 0 Å². The lowest BCUT2D eigenvalue weighted by molar-refractivity contribution is 0.0801. The Balaban J connectivity index is 2.38. The van der Waals surface area contributed by atoms with Crippen molar-refractivity contribution in [3.63, 3.8) is 0 Å². The van der Waals surface area contributed by atoms with Gasteiger partial charge in [0.2, 0.25) is 0 Å². The van der Waals surface area contributed by atoms with Crippen molar-refractivity contribution in [1.82, 2.24) is 10.5 Å². The molecule has 0 bridgehead atoms. The summed E-state index contributed by atoms with van der Waals surface area (Å²) in [5.41, 5.74) is 1.36. The van der Waals surface area contributed by atoms with E-state index in [0.717, 1.165) is 5.56 Å². The van der Waals surface area contributed by atoms with E-state index in [2.05, 4.69) is 10.5 Å². The average molecular weight is 324 g/mol. The molecule has 6 nitrogen and oxygen atoms in total. The van der Waals surface area contributed by atoms with Crippen molar-refractivity contribution in [1.29, 1.82) is 0 Å². The molecule has 2 aromatic rings. The molecule has 2 aromatic heterocycles. The van der Waals surface area contributed by atoms with Crippen molar-refractivity contribution in [2.45, 2.75) is 32.3 Å². The van der Waals surface area contributed by atoms with Crippen LogP contribution < -0.4 is 5.32 Å². The molecule has 0 aliphatic carbocycles. The highest BCUT2D eigenvalue weighted by molar-refractivity contribution is 7.08. The fourth-order valence-corrected chi connectivity index (χ4v) is 2.60. The summed E-state index contributed by atoms with van der Waals surface area (Å²) in [7, 11) is 0. The number of aromatic nitrogens is 1. The first-order valence-electron chi connectivity index (χ1n) is 6.94. The van der Waals surface area contributed by atoms with Crippen LogP contribution in [0.3, 0.4) is 0 Å². The summed E-state index contributed by atoms with van der Waals surface area (Å²) in [5, 5.41) is 28.7. The van der Waals surface area contributed by atoms with E-state index in [1.165, 1.54) is 11.3 Å². The van der Waals surface area contributed by atoms with Gasteiger partial charge < -0.3 is 20.1 Å². The summed E-state index contributed by atoms with van der Waals surface area (Å²) in [6.07, 6.45) is -0.994. The maximum Gasteiger partial charge on any atom is 0.257 e. The normalized spacial score (nSPS) is 13.1. The Labute approximate surface area is 132 Å². The molecule has 0 aliphatic rings. The number of aliphatic hydroxyl groups excluding tert-OH is 2. The molecule has 2 rings (SSSR count). The van der Waals surface area contributed by atoms with E-state index in [0.29, 0.717) is 17.0 Å². The molecule has 0 saturated carbocycles. The first kappa shape index (κ1) is 16.7. The summed E-state index contributed by atoms with van der Waals surface area (Å²) in [6, 6.07) is 1.86. The van der Waals surface area contributed by atoms with E-state index >= 15 is 0 Å². The molecule has 22 heavy (non-hydrogen) atoms. The Kier molecular flexibility index (Phi) is 5.00. The molecule has 3 N–H and O–H groups in total. The number of hydrogen-bond donors (Lipinski definition) is 3. The van der Waals surface area contributed by atoms with Crippen molar-refractivity contribution in [3.05, 3.63) is 28.1 Å². The Morgan fingerprint density at radius 2 is 2.23 bits per heavy atom. The molecule has 0 aliphatic heterocycles. The first-order chi connectivity index (χ1) is 10.3. The topological polar surface area (TPSA) is 95.6 Å². The van der Waals surface area contributed by atoms with E-state index in [1.54, 1.807) is 0 Å². The van der Waals surface area contributed by atoms with Gasteiger partial charge in [-0.2, -0.15) is 11.3 Å². The number of aliphatic hydroxyl groups is 2. The minimum Gasteiger partial charge on any atom is -0.394 e. The fourth-order valence-electron chi connectivity index (χ4n) is 1.97. The van der Waals surface area contributed by atoms with Gasteiger partial charge in [-0.25, -0.2) is 0 Å². The van der Waals surface area contributed by atoms with E-state index in [-0.39, 0.29) is 17.9 Å². The lowest BCUT2D eigenvalue weighted by atomic mass is 9.88. The number of rotatable bonds is 5. The fraction of sp³-hybridized carbons (Fsp3) is 0.467. The van der Waals surface area contributed by atoms with E-state index in [1.807, 2.05) is 37.6 Å². The van der Waals surface area contributed by atoms with Crippen molar-refractivity contribution in [2.24, 2.45) is 0 Å². The molecule has 0 fully saturated rings. The summed E-state index contributed by atoms with van der Waals surface area (Å²) in [6.45, 7) is 5.39. The van der Waals surface area contributed by atoms with E-state index in [4.69, 9.17) is 9.63 Å². The quantitative estimate of drug-likeness (QED) is 0.779. The predicted molar refractivity (Wildman–Crippen MR) is 83.9 cm³/mol. The van der Waals surface area contributed by atoms with Crippen LogP contribution in [0.1, 0.15) is 36.8 Å². The van der Waals surface area contributed by atoms with E-state index in [9.17, 15) is 9.90 Å². The number of nitrogens with zero attached hydrogens (tertiary/aromatic N) is 1. The van der Waals surface area contributed by atoms with Crippen LogP contribution in [-0.4, -0.2) is 40.5 Å². The minimum atomic E-state index is -0.994. The van der Waals surface area contributed by atoms with Crippen molar-refractivity contribution in [2.75, 3.05) is 13.2 Å². The van der Waals surface area contributed by atoms with Crippen LogP contribution in [0.15, 0.2) is 21.3 Å². The van der Waals surface area contributed by atoms with Crippen LogP contribution in [0.25, 0.3) is 11.3 Å². The Bertz CT molecular complexity index is 629. The van der Waals surface area contributed by atoms with Crippen LogP contribution in [0.5, 0.6) is 0 Å². The molecule has 7 heteroatoms. The predicted octanol–water partition coefficient (Wildman–Crippen LogP) is 1.78. The average Bonchev–Trinajstić information content (AvgIpc) is 3.10. The SMILES string of the molecule is CC(C)(C)c1noc(-c2ccsc2)c1C(=O)NCC(O)CO. The largest absolute Gasteiger partial charge is 0.394 e. The Hall–Kier alpha value is -1.70. The van der Waals surface area contributed by atoms with Gasteiger partial charge in [-0.3, -0.25) is 4.79 Å². The number of nitrogens with one attached hydrogen (secondary N) is 1. The Morgan fingerprint density at radius 1 is 1.50 bits per heavy atom. The zero-order chi connectivity index (χ0) is 16.3. The van der Waals surface area contributed by atoms with Gasteiger partial charge in [-0.15, -0.1) is 0 Å². The highest BCUT2D eigenvalue weighted by atomic mass is 32.1. The van der Waals surface area contributed by atoms with Crippen LogP contribution in [0.4, 0.5) is 0 Å². The molecular weight excluding hydrogens is 304 g/mol. The number of hydrogen-bond acceptors (Lipinski definition) is 6. The maximum atomic E-state index is 12.5. The van der Waals surface area contributed by atoms with Crippen LogP contribution in [0, 0.1) is 0 Å². The molecule has 0 aromatic carbocycles. The van der Waals surface area contributed by atoms with Crippen molar-refractivity contribution >= 4 is 17.2 Å². The van der Waals surface area contributed by atoms with Gasteiger partial charge in [0.15, 0.2) is 5.76 Å². The summed E-state index contributed by atoms with van der Waals surface area (Å²) in [4.78, 5) is 12.5. The zero-order valence-electron chi connectivity index (χ0n) is 12.8. The standard InChI is InChI=1S/C15H20N2O4S/c1-15(2,3)13-11(14(20)16-6-10(19)7-18)12(21-17-13)9-4-5-22-8-9/h4-5,8,10,18-19H,6-7H2,1-3H3,(H,16,20). The van der Waals surface area contributed by atoms with Crippen LogP contribution in [-0.2, 0) is 5.41 Å². The monoisotopic (exact) mass is 324 g/mol. The van der Waals surface area contributed by atoms with Gasteiger partial charge in [0.1, 0.15) is 11.3 Å². The van der Waals surface area contributed by atoms with Gasteiger partial charge in [-0.05, 0) is 11.4 Å². The lowest BCUT2D eigenvalue weighted by Crippen LogP contribution is -2.35. The third-order valence-electron chi connectivity index (χ3n) is 3.12. The number of carbonyl (C=O) groups is 1. The van der Waals surface area contributed by atoms with Crippen molar-refractivity contribution in [3.8, 4) is 11.3 Å². The third-order valence-corrected chi connectivity index (χ3v) is 3.81. The summed E-state index contributed by atoms with van der Waals surface area (Å²) < 4.78 is 5.40. The van der Waals surface area contributed by atoms with Crippen molar-refractivity contribution < 1.29 is 19.5 Å². The molecule has 0 spiro atoms. The Morgan fingerprint density at radius 3 is 2.77 bits per heavy atom. The molecular formula is C15H20N2O4S. The van der Waals surface area contributed by atoms with E-state index < -0.39 is 12.7 Å². The zero-order valence-corrected chi connectivity index (χ0v) is 13.6. The second kappa shape index (κ2) is 6.60. The minimum absolute atomic E-state index is 0.0346. The molecule has 0 radical (unpaired) electrons. The third kappa shape index (κ3) is 3.55. The second-order valence-electron chi connectivity index (χ2n) is 6.04. The lowest BCUT2D eigenvalue weighted by Gasteiger charge is -2.17. The molecule has 1 atom stereocenters. The van der Waals surface area contributed by atoms with Crippen LogP contribution >= 0.6 is 11.3 Å². The molecule has 120 valence electrons. The molecule has 0 saturated heterocycles. The highest BCUT2D eigenvalue weighted by Crippen LogP contribution is 2.33. The van der Waals surface area contributed by atoms with Crippen LogP contribution in [0.2, 0.25) is 0 Å². The maximum absolute atomic E-state index is 12.5. The van der Waals surface area contributed by atoms with Gasteiger partial charge in [0.25, 0.3) is 5.91 Å². The second-order valence-corrected chi connectivity index (χ2v) is 6.82. The number of thiophene rings is 1. The summed E-state index contributed by atoms with van der Waals surface area (Å²) >= 11 is 1.50. The molecule has 2 heterocycles. The van der Waals surface area contributed by atoms with Gasteiger partial charge in [0, 0.05) is 22.9 Å². The molecule has 1 unspecified atom stereocenters. The van der Waals surface area contributed by atoms with Gasteiger partial charge in [0.05, 0.1) is 12.7 Å². The molecule has 1 amide bonds. The first-order valence-corrected chi connectivity index (χ1v) is 7.88. The number of carbonyl (C=O) groups excluding carboxylic acids is 1. The summed E-state index contributed by atoms with van der Waals surface area (Å²) in [5.74, 6) is 0.0436. The number of amides is 1. The van der Waals surface area contributed by atoms with Gasteiger partial charge in [-0.1, -0.05) is 25.9 Å². The highest BCUT2D eigenvalue weighted by Gasteiger charge is 2.31.